The minimum absolute atomic E-state index is 0.0121. The fourth-order valence-corrected chi connectivity index (χ4v) is 10.5. The topological polar surface area (TPSA) is 188 Å². The summed E-state index contributed by atoms with van der Waals surface area (Å²) in [6.07, 6.45) is 1.10. The van der Waals surface area contributed by atoms with Crippen molar-refractivity contribution in [2.45, 2.75) is 148 Å². The summed E-state index contributed by atoms with van der Waals surface area (Å²) in [4.78, 5) is 62.8. The Balaban J connectivity index is 1.20. The number of cyclic esters (lactones) is 1. The van der Waals surface area contributed by atoms with Gasteiger partial charge in [0, 0.05) is 37.5 Å². The van der Waals surface area contributed by atoms with Crippen LogP contribution >= 0.6 is 11.3 Å². The van der Waals surface area contributed by atoms with Crippen LogP contribution in [-0.4, -0.2) is 141 Å². The third-order valence-corrected chi connectivity index (χ3v) is 14.0. The van der Waals surface area contributed by atoms with Gasteiger partial charge in [-0.25, -0.2) is 9.78 Å². The molecule has 17 heteroatoms. The molecular formula is C44H65N7O9S. The van der Waals surface area contributed by atoms with Crippen LogP contribution < -0.4 is 5.32 Å². The van der Waals surface area contributed by atoms with Crippen LogP contribution in [0.25, 0.3) is 20.9 Å². The highest BCUT2D eigenvalue weighted by atomic mass is 32.1. The molecule has 3 aliphatic rings. The van der Waals surface area contributed by atoms with Gasteiger partial charge in [-0.3, -0.25) is 19.2 Å². The molecule has 3 aromatic rings. The van der Waals surface area contributed by atoms with Gasteiger partial charge in [-0.05, 0) is 104 Å². The predicted molar refractivity (Wildman–Crippen MR) is 229 cm³/mol. The Morgan fingerprint density at radius 3 is 2.52 bits per heavy atom. The van der Waals surface area contributed by atoms with E-state index >= 15 is 0 Å². The number of aliphatic hydroxyl groups is 1. The summed E-state index contributed by atoms with van der Waals surface area (Å²) in [6.45, 7) is 14.4. The number of Topliss-reactive ketones (excluding diaryl/α,β-unsaturated/α-hetero) is 1. The third-order valence-electron chi connectivity index (χ3n) is 12.9. The molecule has 6 rings (SSSR count). The lowest BCUT2D eigenvalue weighted by atomic mass is 9.79. The number of ether oxygens (including phenoxy) is 4. The predicted octanol–water partition coefficient (Wildman–Crippen LogP) is 5.11. The molecule has 2 aromatic heterocycles. The molecule has 0 radical (unpaired) electrons. The first-order chi connectivity index (χ1) is 29.1. The molecule has 2 N–H and O–H groups in total. The summed E-state index contributed by atoms with van der Waals surface area (Å²) < 4.78 is 28.0. The van der Waals surface area contributed by atoms with Crippen LogP contribution in [0.15, 0.2) is 30.5 Å². The number of aryl methyl sites for hydroxylation is 1. The Morgan fingerprint density at radius 1 is 1.08 bits per heavy atom. The van der Waals surface area contributed by atoms with Crippen LogP contribution in [-0.2, 0) is 39.9 Å². The summed E-state index contributed by atoms with van der Waals surface area (Å²) in [5, 5.41) is 24.6. The molecule has 16 nitrogen and oxygen atoms in total. The van der Waals surface area contributed by atoms with Gasteiger partial charge in [0.2, 0.25) is 0 Å². The van der Waals surface area contributed by atoms with E-state index in [0.717, 1.165) is 21.5 Å². The van der Waals surface area contributed by atoms with Crippen molar-refractivity contribution < 1.29 is 43.2 Å². The van der Waals surface area contributed by atoms with Gasteiger partial charge in [0.05, 0.1) is 34.7 Å². The Bertz CT molecular complexity index is 1940. The summed E-state index contributed by atoms with van der Waals surface area (Å²) in [5.74, 6) is -3.65. The standard InChI is InChI=1S/C44H65N7O9S/c1-10-35-44(7)39(51(43(56)60-44)19-14-13-18-50-24-32(47-48-50)40-46-31-15-11-12-16-34(31)61-40)29(6)45-23-25(2)21-30(17-20-52)38(27(4)36(53)28(5)41(55)58-35)59-42-37(54)33(49(8)9)22-26(3)57-42/h11-12,15-16,20,24-30,33,35,37-39,42,45,54H,10,13-14,17-19,21-23H2,1-9H3/t25-,26-,27+,28-,29-,30+,33?,35-,37?,38-,39-,42+,44-/m1/s1. The first kappa shape index (κ1) is 46.6. The highest BCUT2D eigenvalue weighted by Gasteiger charge is 2.58. The number of aldehydes is 1. The van der Waals surface area contributed by atoms with E-state index in [0.29, 0.717) is 57.4 Å². The first-order valence-electron chi connectivity index (χ1n) is 21.9. The fraction of sp³-hybridized carbons (Fsp3) is 0.705. The number of esters is 1. The largest absolute Gasteiger partial charge is 0.458 e. The van der Waals surface area contributed by atoms with Crippen molar-refractivity contribution in [1.29, 1.82) is 0 Å². The number of nitrogens with one attached hydrogen (secondary N) is 1. The van der Waals surface area contributed by atoms with E-state index in [2.05, 4.69) is 22.6 Å². The fourth-order valence-electron chi connectivity index (χ4n) is 9.58. The second-order valence-electron chi connectivity index (χ2n) is 17.9. The number of unbranched alkanes of at least 4 members (excludes halogenated alkanes) is 1. The van der Waals surface area contributed by atoms with Crippen molar-refractivity contribution in [2.75, 3.05) is 27.2 Å². The van der Waals surface area contributed by atoms with Crippen LogP contribution in [0.1, 0.15) is 87.0 Å². The molecule has 1 aromatic carbocycles. The number of nitrogens with zero attached hydrogens (tertiary/aromatic N) is 6. The quantitative estimate of drug-likeness (QED) is 0.106. The zero-order valence-corrected chi connectivity index (χ0v) is 37.9. The Hall–Kier alpha value is -3.87. The van der Waals surface area contributed by atoms with Gasteiger partial charge in [-0.15, -0.1) is 16.4 Å². The minimum Gasteiger partial charge on any atom is -0.458 e. The molecule has 0 spiro atoms. The van der Waals surface area contributed by atoms with Gasteiger partial charge in [0.1, 0.15) is 35.1 Å². The van der Waals surface area contributed by atoms with Crippen LogP contribution in [0.5, 0.6) is 0 Å². The molecule has 0 saturated carbocycles. The van der Waals surface area contributed by atoms with E-state index in [1.54, 1.807) is 27.8 Å². The van der Waals surface area contributed by atoms with E-state index in [9.17, 15) is 24.3 Å². The average molecular weight is 868 g/mol. The number of carbonyl (C=O) groups excluding carboxylic acids is 4. The molecule has 1 amide bonds. The van der Waals surface area contributed by atoms with Crippen molar-refractivity contribution in [2.24, 2.45) is 23.7 Å². The lowest BCUT2D eigenvalue weighted by molar-refractivity contribution is -0.278. The van der Waals surface area contributed by atoms with E-state index in [-0.39, 0.29) is 30.5 Å². The lowest BCUT2D eigenvalue weighted by Crippen LogP contribution is -2.60. The van der Waals surface area contributed by atoms with E-state index in [4.69, 9.17) is 23.9 Å². The Labute approximate surface area is 363 Å². The maximum atomic E-state index is 14.3. The maximum Gasteiger partial charge on any atom is 0.410 e. The zero-order valence-electron chi connectivity index (χ0n) is 37.1. The smallest absolute Gasteiger partial charge is 0.410 e. The minimum atomic E-state index is -1.25. The highest BCUT2D eigenvalue weighted by molar-refractivity contribution is 7.21. The van der Waals surface area contributed by atoms with Gasteiger partial charge in [-0.2, -0.15) is 0 Å². The molecule has 0 aliphatic carbocycles. The van der Waals surface area contributed by atoms with Gasteiger partial charge in [0.25, 0.3) is 0 Å². The van der Waals surface area contributed by atoms with Crippen LogP contribution in [0.3, 0.4) is 0 Å². The summed E-state index contributed by atoms with van der Waals surface area (Å²) in [5.41, 5.74) is 0.385. The molecule has 3 fully saturated rings. The normalized spacial score (nSPS) is 34.5. The molecule has 3 saturated heterocycles. The van der Waals surface area contributed by atoms with Crippen molar-refractivity contribution >= 4 is 45.7 Å². The van der Waals surface area contributed by atoms with Crippen molar-refractivity contribution in [3.05, 3.63) is 30.5 Å². The zero-order chi connectivity index (χ0) is 44.2. The van der Waals surface area contributed by atoms with Crippen molar-refractivity contribution in [3.63, 3.8) is 0 Å². The average Bonchev–Trinajstić information content (AvgIpc) is 3.95. The number of aliphatic hydroxyl groups excluding tert-OH is 1. The van der Waals surface area contributed by atoms with Gasteiger partial charge < -0.3 is 39.1 Å². The van der Waals surface area contributed by atoms with E-state index in [1.165, 1.54) is 6.92 Å². The van der Waals surface area contributed by atoms with Crippen LogP contribution in [0.2, 0.25) is 0 Å². The summed E-state index contributed by atoms with van der Waals surface area (Å²) in [6, 6.07) is 6.87. The number of benzene rings is 1. The number of likely N-dealkylation sites (N-methyl/N-ethyl adjacent to an activating group) is 1. The number of ketones is 1. The second-order valence-corrected chi connectivity index (χ2v) is 18.9. The lowest BCUT2D eigenvalue weighted by Gasteiger charge is -2.44. The number of carbonyl (C=O) groups is 4. The number of hydrogen-bond donors (Lipinski definition) is 2. The summed E-state index contributed by atoms with van der Waals surface area (Å²) >= 11 is 1.57. The monoisotopic (exact) mass is 867 g/mol. The van der Waals surface area contributed by atoms with Gasteiger partial charge in [0.15, 0.2) is 17.7 Å². The van der Waals surface area contributed by atoms with Gasteiger partial charge >= 0.3 is 12.1 Å². The van der Waals surface area contributed by atoms with E-state index in [1.807, 2.05) is 77.2 Å². The first-order valence-corrected chi connectivity index (χ1v) is 22.7. The molecule has 0 bridgehead atoms. The van der Waals surface area contributed by atoms with Crippen molar-refractivity contribution in [3.8, 4) is 10.7 Å². The number of para-hydroxylation sites is 1. The molecule has 5 heterocycles. The molecule has 336 valence electrons. The molecule has 3 aliphatic heterocycles. The number of aromatic nitrogens is 4. The number of fused-ring (bicyclic) bond motifs is 2. The number of hydrogen-bond acceptors (Lipinski definition) is 15. The second kappa shape index (κ2) is 20.1. The number of rotatable bonds is 12. The van der Waals surface area contributed by atoms with Gasteiger partial charge in [-0.1, -0.05) is 38.1 Å². The van der Waals surface area contributed by atoms with Crippen LogP contribution in [0.4, 0.5) is 4.79 Å². The maximum absolute atomic E-state index is 14.3. The SMILES string of the molecule is CC[C@H]1OC(=O)[C@H](C)C(=O)[C@H](C)[C@@H](O[C@@H]2O[C@H](C)CC(N(C)C)C2O)[C@@H](CC=O)C[C@@H](C)CN[C@H](C)[C@H]2N(CCCCn3cc(-c4nc5ccccc5s4)nn3)C(=O)O[C@]12C. The molecule has 2 unspecified atom stereocenters. The Kier molecular flexibility index (Phi) is 15.4. The summed E-state index contributed by atoms with van der Waals surface area (Å²) in [7, 11) is 3.77. The number of amides is 1. The van der Waals surface area contributed by atoms with Crippen LogP contribution in [0, 0.1) is 23.7 Å². The number of thiazole rings is 1. The molecule has 61 heavy (non-hydrogen) atoms. The third kappa shape index (κ3) is 10.3. The molecular weight excluding hydrogens is 803 g/mol. The van der Waals surface area contributed by atoms with E-state index < -0.39 is 71.8 Å². The molecule has 13 atom stereocenters. The highest BCUT2D eigenvalue weighted by Crippen LogP contribution is 2.39. The van der Waals surface area contributed by atoms with Crippen molar-refractivity contribution in [1.82, 2.24) is 35.1 Å². The Morgan fingerprint density at radius 2 is 1.82 bits per heavy atom.